The second-order valence-electron chi connectivity index (χ2n) is 13.1. The van der Waals surface area contributed by atoms with E-state index in [9.17, 15) is 0 Å². The summed E-state index contributed by atoms with van der Waals surface area (Å²) in [5.74, 6) is 0.885. The highest BCUT2D eigenvalue weighted by Gasteiger charge is 2.20. The average Bonchev–Trinajstić information content (AvgIpc) is 3.11. The lowest BCUT2D eigenvalue weighted by Crippen LogP contribution is -2.34. The first kappa shape index (κ1) is 39.3. The van der Waals surface area contributed by atoms with Crippen LogP contribution in [0.4, 0.5) is 5.69 Å². The van der Waals surface area contributed by atoms with Gasteiger partial charge in [0.25, 0.3) is 0 Å². The van der Waals surface area contributed by atoms with Crippen molar-refractivity contribution in [2.75, 3.05) is 11.9 Å². The first-order chi connectivity index (χ1) is 23.9. The predicted octanol–water partition coefficient (Wildman–Crippen LogP) is 9.63. The molecule has 0 saturated carbocycles. The number of para-hydroxylation sites is 1. The summed E-state index contributed by atoms with van der Waals surface area (Å²) in [6, 6.07) is 19.8. The molecule has 0 amide bonds. The number of allylic oxidation sites excluding steroid dienone is 11. The molecule has 0 heterocycles. The van der Waals surface area contributed by atoms with Crippen LogP contribution in [0.3, 0.4) is 0 Å². The van der Waals surface area contributed by atoms with Gasteiger partial charge in [-0.3, -0.25) is 0 Å². The molecule has 260 valence electrons. The second-order valence-corrected chi connectivity index (χ2v) is 13.1. The molecule has 2 aromatic rings. The van der Waals surface area contributed by atoms with Crippen LogP contribution >= 0.6 is 0 Å². The summed E-state index contributed by atoms with van der Waals surface area (Å²) in [4.78, 5) is 0. The SMILES string of the molecule is C=C(/C=C\CN)/C=C/C=C\CC1=c2ccccc2=C(C(C)CCC(/C=C/C=C\C(N)/C=C/C=C\CCCC)[C@H](C)Nc2ccccc2)CC1. The molecule has 3 unspecified atom stereocenters. The van der Waals surface area contributed by atoms with Crippen LogP contribution in [-0.4, -0.2) is 18.6 Å². The molecular formula is C46H61N3. The molecule has 4 atom stereocenters. The monoisotopic (exact) mass is 655 g/mol. The van der Waals surface area contributed by atoms with Crippen molar-refractivity contribution >= 4 is 16.8 Å². The second kappa shape index (κ2) is 23.2. The van der Waals surface area contributed by atoms with Gasteiger partial charge in [0.05, 0.1) is 0 Å². The Morgan fingerprint density at radius 3 is 2.24 bits per heavy atom. The maximum atomic E-state index is 6.32. The van der Waals surface area contributed by atoms with Crippen molar-refractivity contribution in [3.05, 3.63) is 162 Å². The molecule has 49 heavy (non-hydrogen) atoms. The Kier molecular flexibility index (Phi) is 18.6. The maximum absolute atomic E-state index is 6.32. The van der Waals surface area contributed by atoms with E-state index in [4.69, 9.17) is 11.5 Å². The van der Waals surface area contributed by atoms with Crippen LogP contribution in [0.2, 0.25) is 0 Å². The van der Waals surface area contributed by atoms with Gasteiger partial charge in [-0.1, -0.05) is 172 Å². The van der Waals surface area contributed by atoms with E-state index in [1.807, 2.05) is 24.3 Å². The number of unbranched alkanes of at least 4 members (excludes halogenated alkanes) is 2. The molecule has 0 fully saturated rings. The number of anilines is 1. The minimum absolute atomic E-state index is 0.0980. The van der Waals surface area contributed by atoms with Gasteiger partial charge in [0.15, 0.2) is 0 Å². The van der Waals surface area contributed by atoms with Gasteiger partial charge < -0.3 is 16.8 Å². The lowest BCUT2D eigenvalue weighted by atomic mass is 9.82. The molecule has 0 radical (unpaired) electrons. The Labute approximate surface area is 297 Å². The number of nitrogens with two attached hydrogens (primary N) is 2. The quantitative estimate of drug-likeness (QED) is 0.0927. The van der Waals surface area contributed by atoms with E-state index >= 15 is 0 Å². The molecule has 0 bridgehead atoms. The van der Waals surface area contributed by atoms with Crippen LogP contribution in [0.5, 0.6) is 0 Å². The zero-order chi connectivity index (χ0) is 35.1. The molecule has 3 rings (SSSR count). The Hall–Kier alpha value is -4.18. The summed E-state index contributed by atoms with van der Waals surface area (Å²) in [5.41, 5.74) is 17.1. The smallest absolute Gasteiger partial charge is 0.0416 e. The van der Waals surface area contributed by atoms with Crippen LogP contribution in [0.15, 0.2) is 152 Å². The van der Waals surface area contributed by atoms with E-state index in [-0.39, 0.29) is 6.04 Å². The number of benzene rings is 2. The van der Waals surface area contributed by atoms with Crippen molar-refractivity contribution < 1.29 is 0 Å². The molecule has 0 spiro atoms. The van der Waals surface area contributed by atoms with Crippen LogP contribution < -0.4 is 27.2 Å². The molecule has 5 N–H and O–H groups in total. The van der Waals surface area contributed by atoms with E-state index in [0.29, 0.717) is 24.4 Å². The minimum Gasteiger partial charge on any atom is -0.382 e. The molecule has 1 aliphatic rings. The van der Waals surface area contributed by atoms with Gasteiger partial charge in [0.2, 0.25) is 0 Å². The summed E-state index contributed by atoms with van der Waals surface area (Å²) < 4.78 is 0. The summed E-state index contributed by atoms with van der Waals surface area (Å²) >= 11 is 0. The first-order valence-electron chi connectivity index (χ1n) is 18.4. The van der Waals surface area contributed by atoms with Gasteiger partial charge in [-0.15, -0.1) is 0 Å². The fraction of sp³-hybridized carbons (Fsp3) is 0.348. The zero-order valence-electron chi connectivity index (χ0n) is 30.3. The summed E-state index contributed by atoms with van der Waals surface area (Å²) in [7, 11) is 0. The Morgan fingerprint density at radius 2 is 1.49 bits per heavy atom. The van der Waals surface area contributed by atoms with Gasteiger partial charge >= 0.3 is 0 Å². The number of hydrogen-bond donors (Lipinski definition) is 3. The third kappa shape index (κ3) is 14.9. The van der Waals surface area contributed by atoms with Gasteiger partial charge in [-0.2, -0.15) is 0 Å². The van der Waals surface area contributed by atoms with E-state index in [2.05, 4.69) is 148 Å². The highest BCUT2D eigenvalue weighted by atomic mass is 14.9. The van der Waals surface area contributed by atoms with E-state index < -0.39 is 0 Å². The van der Waals surface area contributed by atoms with Crippen LogP contribution in [0, 0.1) is 11.8 Å². The molecular weight excluding hydrogens is 595 g/mol. The third-order valence-electron chi connectivity index (χ3n) is 9.19. The largest absolute Gasteiger partial charge is 0.382 e. The highest BCUT2D eigenvalue weighted by Crippen LogP contribution is 2.29. The molecule has 3 nitrogen and oxygen atoms in total. The van der Waals surface area contributed by atoms with Crippen LogP contribution in [0.1, 0.15) is 72.1 Å². The van der Waals surface area contributed by atoms with Gasteiger partial charge in [-0.25, -0.2) is 0 Å². The van der Waals surface area contributed by atoms with Crippen molar-refractivity contribution in [2.24, 2.45) is 23.3 Å². The molecule has 0 aliphatic heterocycles. The molecule has 1 aliphatic carbocycles. The highest BCUT2D eigenvalue weighted by molar-refractivity contribution is 5.60. The van der Waals surface area contributed by atoms with Crippen molar-refractivity contribution in [1.29, 1.82) is 0 Å². The number of hydrogen-bond acceptors (Lipinski definition) is 3. The van der Waals surface area contributed by atoms with E-state index in [1.54, 1.807) is 5.57 Å². The summed E-state index contributed by atoms with van der Waals surface area (Å²) in [6.45, 7) is 11.5. The number of rotatable bonds is 21. The van der Waals surface area contributed by atoms with E-state index in [0.717, 1.165) is 49.8 Å². The summed E-state index contributed by atoms with van der Waals surface area (Å²) in [6.07, 6.45) is 38.5. The molecule has 0 saturated heterocycles. The standard InChI is InChI=1S/C46H61N3/c1-5-6-7-8-9-14-26-42(48)27-18-17-24-40(39(4)49-43-28-15-11-16-29-43)33-32-38(3)44-35-34-41(45-30-19-20-31-46(44)45)25-13-10-12-22-37(2)23-21-36-47/h8-24,26-31,38-40,42,49H,2,5-7,25,32-36,47-48H2,1,3-4H3/b9-8-,13-10-,22-12+,23-21-,24-17+,26-14+,27-18-/t38?,39-,40?,42?/m0/s1. The zero-order valence-corrected chi connectivity index (χ0v) is 30.3. The van der Waals surface area contributed by atoms with Crippen molar-refractivity contribution in [1.82, 2.24) is 0 Å². The third-order valence-corrected chi connectivity index (χ3v) is 9.19. The Balaban J connectivity index is 1.72. The van der Waals surface area contributed by atoms with Gasteiger partial charge in [0, 0.05) is 24.3 Å². The average molecular weight is 656 g/mol. The molecule has 3 heteroatoms. The number of fused-ring (bicyclic) bond motifs is 1. The molecule has 2 aromatic carbocycles. The van der Waals surface area contributed by atoms with Crippen LogP contribution in [-0.2, 0) is 0 Å². The van der Waals surface area contributed by atoms with Crippen molar-refractivity contribution in [2.45, 2.75) is 84.2 Å². The Bertz CT molecular complexity index is 1600. The first-order valence-corrected chi connectivity index (χ1v) is 18.4. The minimum atomic E-state index is -0.0980. The maximum Gasteiger partial charge on any atom is 0.0416 e. The number of nitrogens with one attached hydrogen (secondary N) is 1. The predicted molar refractivity (Wildman–Crippen MR) is 217 cm³/mol. The summed E-state index contributed by atoms with van der Waals surface area (Å²) in [5, 5.41) is 6.61. The van der Waals surface area contributed by atoms with Crippen LogP contribution in [0.25, 0.3) is 11.1 Å². The van der Waals surface area contributed by atoms with Gasteiger partial charge in [-0.05, 0) is 85.4 Å². The lowest BCUT2D eigenvalue weighted by molar-refractivity contribution is 0.469. The fourth-order valence-corrected chi connectivity index (χ4v) is 6.28. The fourth-order valence-electron chi connectivity index (χ4n) is 6.28. The molecule has 0 aromatic heterocycles. The van der Waals surface area contributed by atoms with Crippen molar-refractivity contribution in [3.63, 3.8) is 0 Å². The van der Waals surface area contributed by atoms with Gasteiger partial charge in [0.1, 0.15) is 0 Å². The van der Waals surface area contributed by atoms with Crippen molar-refractivity contribution in [3.8, 4) is 0 Å². The lowest BCUT2D eigenvalue weighted by Gasteiger charge is -2.26. The Morgan fingerprint density at radius 1 is 0.796 bits per heavy atom. The van der Waals surface area contributed by atoms with E-state index in [1.165, 1.54) is 28.9 Å². The topological polar surface area (TPSA) is 64.1 Å². The normalized spacial score (nSPS) is 16.6.